The Bertz CT molecular complexity index is 1110. The molecular formula is C22H25FN4O3. The van der Waals surface area contributed by atoms with Crippen LogP contribution in [0.3, 0.4) is 0 Å². The zero-order valence-corrected chi connectivity index (χ0v) is 17.5. The third-order valence-electron chi connectivity index (χ3n) is 5.23. The summed E-state index contributed by atoms with van der Waals surface area (Å²) in [7, 11) is 1.65. The highest BCUT2D eigenvalue weighted by molar-refractivity contribution is 5.91. The maximum Gasteiger partial charge on any atom is 0.254 e. The van der Waals surface area contributed by atoms with Crippen LogP contribution in [0.1, 0.15) is 25.0 Å². The number of anilines is 2. The number of hydrogen-bond donors (Lipinski definition) is 1. The third kappa shape index (κ3) is 3.76. The number of pyridine rings is 1. The Hall–Kier alpha value is -2.97. The molecule has 1 aromatic carbocycles. The molecule has 1 saturated heterocycles. The van der Waals surface area contributed by atoms with Crippen LogP contribution in [0.15, 0.2) is 40.6 Å². The highest BCUT2D eigenvalue weighted by Crippen LogP contribution is 2.37. The number of ether oxygens (including phenoxy) is 2. The van der Waals surface area contributed by atoms with Crippen molar-refractivity contribution in [1.82, 2.24) is 9.47 Å². The zero-order valence-electron chi connectivity index (χ0n) is 17.5. The zero-order chi connectivity index (χ0) is 21.6. The second kappa shape index (κ2) is 7.37. The second-order valence-electron chi connectivity index (χ2n) is 8.06. The van der Waals surface area contributed by atoms with Crippen molar-refractivity contribution < 1.29 is 13.9 Å². The average Bonchev–Trinajstić information content (AvgIpc) is 3.01. The van der Waals surface area contributed by atoms with Gasteiger partial charge in [-0.1, -0.05) is 12.6 Å². The minimum absolute atomic E-state index is 0.150. The van der Waals surface area contributed by atoms with Gasteiger partial charge in [0.2, 0.25) is 0 Å². The first kappa shape index (κ1) is 20.3. The molecule has 0 saturated carbocycles. The predicted octanol–water partition coefficient (Wildman–Crippen LogP) is 3.67. The van der Waals surface area contributed by atoms with Gasteiger partial charge in [-0.2, -0.15) is 0 Å². The number of nitrogens with one attached hydrogen (secondary N) is 1. The fraction of sp³-hybridized carbons (Fsp3) is 0.364. The lowest BCUT2D eigenvalue weighted by Crippen LogP contribution is -2.35. The van der Waals surface area contributed by atoms with Crippen LogP contribution in [-0.4, -0.2) is 40.8 Å². The number of fused-ring (bicyclic) bond motifs is 1. The first-order chi connectivity index (χ1) is 14.1. The normalized spacial score (nSPS) is 19.8. The summed E-state index contributed by atoms with van der Waals surface area (Å²) in [6.45, 7) is 10.7. The van der Waals surface area contributed by atoms with Gasteiger partial charge < -0.3 is 19.7 Å². The Balaban J connectivity index is 1.68. The van der Waals surface area contributed by atoms with E-state index in [9.17, 15) is 9.18 Å². The monoisotopic (exact) mass is 412 g/mol. The summed E-state index contributed by atoms with van der Waals surface area (Å²) in [6, 6.07) is 6.32. The lowest BCUT2D eigenvalue weighted by atomic mass is 10.1. The van der Waals surface area contributed by atoms with Gasteiger partial charge in [0.25, 0.3) is 5.56 Å². The van der Waals surface area contributed by atoms with Crippen LogP contribution >= 0.6 is 0 Å². The van der Waals surface area contributed by atoms with Crippen molar-refractivity contribution in [1.29, 1.82) is 0 Å². The van der Waals surface area contributed by atoms with Crippen molar-refractivity contribution in [2.75, 3.05) is 18.5 Å². The van der Waals surface area contributed by atoms with Crippen molar-refractivity contribution in [2.24, 2.45) is 12.0 Å². The van der Waals surface area contributed by atoms with E-state index in [1.54, 1.807) is 25.5 Å². The lowest BCUT2D eigenvalue weighted by Gasteiger charge is -2.31. The molecule has 0 spiro atoms. The van der Waals surface area contributed by atoms with E-state index in [4.69, 9.17) is 9.47 Å². The molecular weight excluding hydrogens is 387 g/mol. The molecule has 8 heteroatoms. The number of halogens is 1. The van der Waals surface area contributed by atoms with Crippen LogP contribution < -0.4 is 10.9 Å². The number of benzene rings is 1. The fourth-order valence-electron chi connectivity index (χ4n) is 3.65. The molecule has 2 aromatic rings. The number of aliphatic imine (C=N–C) groups is 1. The molecule has 1 atom stereocenters. The number of rotatable bonds is 4. The Morgan fingerprint density at radius 1 is 1.33 bits per heavy atom. The molecule has 158 valence electrons. The first-order valence-corrected chi connectivity index (χ1v) is 9.74. The van der Waals surface area contributed by atoms with E-state index >= 15 is 0 Å². The van der Waals surface area contributed by atoms with E-state index in [0.29, 0.717) is 35.9 Å². The number of hydrogen-bond acceptors (Lipinski definition) is 6. The lowest BCUT2D eigenvalue weighted by molar-refractivity contribution is -0.138. The van der Waals surface area contributed by atoms with E-state index < -0.39 is 11.6 Å². The summed E-state index contributed by atoms with van der Waals surface area (Å²) >= 11 is 0. The van der Waals surface area contributed by atoms with Gasteiger partial charge in [-0.05, 0) is 38.5 Å². The molecule has 1 aromatic heterocycles. The maximum atomic E-state index is 14.4. The molecule has 0 unspecified atom stereocenters. The highest BCUT2D eigenvalue weighted by atomic mass is 19.1. The molecule has 1 fully saturated rings. The van der Waals surface area contributed by atoms with Crippen molar-refractivity contribution in [2.45, 2.75) is 32.7 Å². The molecule has 3 heterocycles. The number of aromatic nitrogens is 1. The van der Waals surface area contributed by atoms with E-state index in [2.05, 4.69) is 16.9 Å². The first-order valence-electron chi connectivity index (χ1n) is 9.74. The predicted molar refractivity (Wildman–Crippen MR) is 115 cm³/mol. The molecule has 2 aliphatic rings. The summed E-state index contributed by atoms with van der Waals surface area (Å²) in [5.74, 6) is -0.566. The summed E-state index contributed by atoms with van der Waals surface area (Å²) in [5.41, 5.74) is 2.56. The molecule has 4 rings (SSSR count). The van der Waals surface area contributed by atoms with Crippen LogP contribution in [0.5, 0.6) is 0 Å². The third-order valence-corrected chi connectivity index (χ3v) is 5.23. The molecule has 0 amide bonds. The maximum absolute atomic E-state index is 14.4. The summed E-state index contributed by atoms with van der Waals surface area (Å²) in [4.78, 5) is 18.8. The summed E-state index contributed by atoms with van der Waals surface area (Å²) in [6.07, 6.45) is 1.48. The summed E-state index contributed by atoms with van der Waals surface area (Å²) < 4.78 is 27.4. The van der Waals surface area contributed by atoms with Crippen LogP contribution in [0.4, 0.5) is 21.6 Å². The Kier molecular flexibility index (Phi) is 4.99. The van der Waals surface area contributed by atoms with Crippen molar-refractivity contribution in [3.05, 3.63) is 58.1 Å². The fourth-order valence-corrected chi connectivity index (χ4v) is 3.65. The number of aryl methyl sites for hydroxylation is 1. The van der Waals surface area contributed by atoms with E-state index in [-0.39, 0.29) is 17.4 Å². The number of nitrogens with zero attached hydrogens (tertiary/aromatic N) is 3. The van der Waals surface area contributed by atoms with E-state index in [1.165, 1.54) is 16.7 Å². The molecule has 2 aliphatic heterocycles. The van der Waals surface area contributed by atoms with Gasteiger partial charge in [0, 0.05) is 18.8 Å². The average molecular weight is 412 g/mol. The van der Waals surface area contributed by atoms with Crippen molar-refractivity contribution >= 4 is 29.2 Å². The Morgan fingerprint density at radius 3 is 2.77 bits per heavy atom. The molecule has 0 radical (unpaired) electrons. The van der Waals surface area contributed by atoms with Gasteiger partial charge in [0.15, 0.2) is 5.79 Å². The molecule has 0 aliphatic carbocycles. The van der Waals surface area contributed by atoms with Gasteiger partial charge in [0.05, 0.1) is 36.4 Å². The standard InChI is InChI=1S/C22H25FN4O3/c1-13-6-7-17(16(23)8-13)25-18-9-19(28)26(5)21-20(18)14(2)27(12-24-21)10-15-11-29-22(3,4)30-15/h6-9,12,15,25H,2,10-11H2,1,3-5H3/t15-/m1/s1. The quantitative estimate of drug-likeness (QED) is 0.830. The molecule has 30 heavy (non-hydrogen) atoms. The van der Waals surface area contributed by atoms with Crippen molar-refractivity contribution in [3.63, 3.8) is 0 Å². The van der Waals surface area contributed by atoms with Gasteiger partial charge in [0.1, 0.15) is 17.7 Å². The second-order valence-corrected chi connectivity index (χ2v) is 8.06. The van der Waals surface area contributed by atoms with Crippen LogP contribution in [0.25, 0.3) is 5.70 Å². The smallest absolute Gasteiger partial charge is 0.254 e. The van der Waals surface area contributed by atoms with E-state index in [1.807, 2.05) is 25.7 Å². The van der Waals surface area contributed by atoms with Crippen molar-refractivity contribution in [3.8, 4) is 0 Å². The molecule has 0 bridgehead atoms. The highest BCUT2D eigenvalue weighted by Gasteiger charge is 2.35. The molecule has 7 nitrogen and oxygen atoms in total. The minimum Gasteiger partial charge on any atom is -0.352 e. The SMILES string of the molecule is C=C1c2c(Nc3ccc(C)cc3F)cc(=O)n(C)c2N=CN1C[C@@H]1COC(C)(C)O1. The Morgan fingerprint density at radius 2 is 2.10 bits per heavy atom. The topological polar surface area (TPSA) is 68.1 Å². The van der Waals surface area contributed by atoms with E-state index in [0.717, 1.165) is 5.56 Å². The largest absolute Gasteiger partial charge is 0.352 e. The van der Waals surface area contributed by atoms with Gasteiger partial charge in [-0.25, -0.2) is 9.38 Å². The Labute approximate surface area is 174 Å². The van der Waals surface area contributed by atoms with Crippen LogP contribution in [-0.2, 0) is 16.5 Å². The minimum atomic E-state index is -0.629. The van der Waals surface area contributed by atoms with Crippen LogP contribution in [0.2, 0.25) is 0 Å². The molecule has 1 N–H and O–H groups in total. The summed E-state index contributed by atoms with van der Waals surface area (Å²) in [5, 5.41) is 3.05. The van der Waals surface area contributed by atoms with Crippen LogP contribution in [0, 0.1) is 12.7 Å². The van der Waals surface area contributed by atoms with Gasteiger partial charge >= 0.3 is 0 Å². The van der Waals surface area contributed by atoms with Gasteiger partial charge in [-0.3, -0.25) is 9.36 Å². The van der Waals surface area contributed by atoms with Gasteiger partial charge in [-0.15, -0.1) is 0 Å².